The Balaban J connectivity index is 1.61. The van der Waals surface area contributed by atoms with Crippen molar-refractivity contribution >= 4 is 5.69 Å². The third-order valence-corrected chi connectivity index (χ3v) is 3.80. The van der Waals surface area contributed by atoms with Crippen LogP contribution in [0.4, 0.5) is 5.69 Å². The minimum absolute atomic E-state index is 1.13. The smallest absolute Gasteiger partial charge is 0.0367 e. The number of benzene rings is 1. The molecule has 0 aromatic heterocycles. The molecule has 2 aliphatic rings. The van der Waals surface area contributed by atoms with Crippen LogP contribution in [0.1, 0.15) is 12.8 Å². The zero-order valence-corrected chi connectivity index (χ0v) is 10.8. The number of piperazine rings is 1. The van der Waals surface area contributed by atoms with Gasteiger partial charge in [-0.3, -0.25) is 0 Å². The number of para-hydroxylation sites is 1. The summed E-state index contributed by atoms with van der Waals surface area (Å²) in [4.78, 5) is 5.03. The fourth-order valence-electron chi connectivity index (χ4n) is 2.74. The molecular weight excluding hydrogens is 220 g/mol. The summed E-state index contributed by atoms with van der Waals surface area (Å²) in [6.07, 6.45) is 9.14. The van der Waals surface area contributed by atoms with Gasteiger partial charge in [0.25, 0.3) is 0 Å². The molecule has 3 rings (SSSR count). The molecule has 18 heavy (non-hydrogen) atoms. The van der Waals surface area contributed by atoms with Gasteiger partial charge in [0.1, 0.15) is 0 Å². The molecule has 0 bridgehead atoms. The summed E-state index contributed by atoms with van der Waals surface area (Å²) in [5.41, 5.74) is 2.87. The Kier molecular flexibility index (Phi) is 3.35. The number of allylic oxidation sites excluding steroid dienone is 4. The van der Waals surface area contributed by atoms with E-state index in [0.29, 0.717) is 0 Å². The van der Waals surface area contributed by atoms with E-state index in [-0.39, 0.29) is 0 Å². The van der Waals surface area contributed by atoms with Crippen LogP contribution in [0.3, 0.4) is 0 Å². The zero-order chi connectivity index (χ0) is 12.2. The van der Waals surface area contributed by atoms with Crippen molar-refractivity contribution in [3.8, 4) is 0 Å². The highest BCUT2D eigenvalue weighted by atomic mass is 15.3. The van der Waals surface area contributed by atoms with Crippen LogP contribution in [-0.2, 0) is 0 Å². The van der Waals surface area contributed by atoms with Gasteiger partial charge in [-0.1, -0.05) is 30.4 Å². The molecule has 1 heterocycles. The minimum atomic E-state index is 1.13. The van der Waals surface area contributed by atoms with Gasteiger partial charge in [-0.05, 0) is 31.1 Å². The lowest BCUT2D eigenvalue weighted by molar-refractivity contribution is 0.310. The van der Waals surface area contributed by atoms with Crippen LogP contribution in [0.15, 0.2) is 54.3 Å². The Morgan fingerprint density at radius 2 is 1.56 bits per heavy atom. The van der Waals surface area contributed by atoms with E-state index < -0.39 is 0 Å². The van der Waals surface area contributed by atoms with Gasteiger partial charge >= 0.3 is 0 Å². The number of hydrogen-bond donors (Lipinski definition) is 0. The highest BCUT2D eigenvalue weighted by Crippen LogP contribution is 2.21. The van der Waals surface area contributed by atoms with Gasteiger partial charge in [0.2, 0.25) is 0 Å². The Bertz CT molecular complexity index is 439. The lowest BCUT2D eigenvalue weighted by atomic mass is 10.1. The van der Waals surface area contributed by atoms with Gasteiger partial charge in [0, 0.05) is 37.6 Å². The van der Waals surface area contributed by atoms with Gasteiger partial charge in [-0.2, -0.15) is 0 Å². The Labute approximate surface area is 109 Å². The molecule has 0 radical (unpaired) electrons. The number of anilines is 1. The summed E-state index contributed by atoms with van der Waals surface area (Å²) in [5, 5.41) is 0. The third-order valence-electron chi connectivity index (χ3n) is 3.80. The maximum absolute atomic E-state index is 2.54. The monoisotopic (exact) mass is 240 g/mol. The second-order valence-electron chi connectivity index (χ2n) is 4.93. The van der Waals surface area contributed by atoms with Crippen LogP contribution in [-0.4, -0.2) is 31.1 Å². The second-order valence-corrected chi connectivity index (χ2v) is 4.93. The van der Waals surface area contributed by atoms with Gasteiger partial charge in [-0.15, -0.1) is 0 Å². The van der Waals surface area contributed by atoms with E-state index in [0.717, 1.165) is 26.2 Å². The molecule has 0 amide bonds. The summed E-state index contributed by atoms with van der Waals surface area (Å²) >= 11 is 0. The molecule has 0 spiro atoms. The van der Waals surface area contributed by atoms with Crippen molar-refractivity contribution in [2.45, 2.75) is 12.8 Å². The molecule has 0 saturated carbocycles. The first kappa shape index (κ1) is 11.4. The molecule has 1 aromatic rings. The van der Waals surface area contributed by atoms with Gasteiger partial charge in [0.05, 0.1) is 0 Å². The van der Waals surface area contributed by atoms with E-state index in [1.807, 2.05) is 0 Å². The summed E-state index contributed by atoms with van der Waals surface area (Å²) in [6.45, 7) is 4.55. The summed E-state index contributed by atoms with van der Waals surface area (Å²) in [6, 6.07) is 10.7. The van der Waals surface area contributed by atoms with Gasteiger partial charge in [-0.25, -0.2) is 0 Å². The zero-order valence-electron chi connectivity index (χ0n) is 10.8. The van der Waals surface area contributed by atoms with Crippen molar-refractivity contribution in [1.29, 1.82) is 0 Å². The number of rotatable bonds is 2. The standard InChI is InChI=1S/C16H20N2/c1-3-7-15(8-4-1)17-11-13-18(14-12-17)16-9-5-2-6-10-16/h1-5,7-9H,6,10-14H2. The predicted molar refractivity (Wildman–Crippen MR) is 76.7 cm³/mol. The fraction of sp³-hybridized carbons (Fsp3) is 0.375. The first-order valence-corrected chi connectivity index (χ1v) is 6.84. The van der Waals surface area contributed by atoms with Crippen molar-refractivity contribution in [3.63, 3.8) is 0 Å². The van der Waals surface area contributed by atoms with Gasteiger partial charge < -0.3 is 9.80 Å². The van der Waals surface area contributed by atoms with Crippen molar-refractivity contribution in [2.75, 3.05) is 31.1 Å². The molecule has 0 N–H and O–H groups in total. The van der Waals surface area contributed by atoms with Crippen LogP contribution in [0.2, 0.25) is 0 Å². The normalized spacial score (nSPS) is 19.9. The maximum Gasteiger partial charge on any atom is 0.0367 e. The Morgan fingerprint density at radius 3 is 2.22 bits per heavy atom. The first-order valence-electron chi connectivity index (χ1n) is 6.84. The van der Waals surface area contributed by atoms with Crippen LogP contribution >= 0.6 is 0 Å². The van der Waals surface area contributed by atoms with Crippen molar-refractivity contribution < 1.29 is 0 Å². The van der Waals surface area contributed by atoms with E-state index >= 15 is 0 Å². The van der Waals surface area contributed by atoms with Crippen molar-refractivity contribution in [3.05, 3.63) is 54.3 Å². The maximum atomic E-state index is 2.54. The molecule has 2 nitrogen and oxygen atoms in total. The molecule has 94 valence electrons. The van der Waals surface area contributed by atoms with Gasteiger partial charge in [0.15, 0.2) is 0 Å². The number of nitrogens with zero attached hydrogens (tertiary/aromatic N) is 2. The molecule has 1 fully saturated rings. The number of hydrogen-bond acceptors (Lipinski definition) is 2. The van der Waals surface area contributed by atoms with Crippen molar-refractivity contribution in [1.82, 2.24) is 4.90 Å². The quantitative estimate of drug-likeness (QED) is 0.784. The average molecular weight is 240 g/mol. The second kappa shape index (κ2) is 5.30. The highest BCUT2D eigenvalue weighted by Gasteiger charge is 2.18. The van der Waals surface area contributed by atoms with E-state index in [9.17, 15) is 0 Å². The molecule has 1 saturated heterocycles. The summed E-state index contributed by atoms with van der Waals surface area (Å²) in [5.74, 6) is 0. The van der Waals surface area contributed by atoms with Crippen LogP contribution < -0.4 is 4.90 Å². The molecular formula is C16H20N2. The third kappa shape index (κ3) is 2.42. The molecule has 2 heteroatoms. The molecule has 1 aliphatic heterocycles. The molecule has 0 unspecified atom stereocenters. The Morgan fingerprint density at radius 1 is 0.833 bits per heavy atom. The molecule has 1 aliphatic carbocycles. The Hall–Kier alpha value is -1.70. The van der Waals surface area contributed by atoms with E-state index in [4.69, 9.17) is 0 Å². The van der Waals surface area contributed by atoms with E-state index in [1.165, 1.54) is 24.2 Å². The van der Waals surface area contributed by atoms with Crippen LogP contribution in [0.5, 0.6) is 0 Å². The van der Waals surface area contributed by atoms with E-state index in [2.05, 4.69) is 58.4 Å². The van der Waals surface area contributed by atoms with Crippen LogP contribution in [0, 0.1) is 0 Å². The molecule has 0 atom stereocenters. The van der Waals surface area contributed by atoms with E-state index in [1.54, 1.807) is 0 Å². The summed E-state index contributed by atoms with van der Waals surface area (Å²) < 4.78 is 0. The first-order chi connectivity index (χ1) is 8.93. The topological polar surface area (TPSA) is 6.48 Å². The summed E-state index contributed by atoms with van der Waals surface area (Å²) in [7, 11) is 0. The molecule has 1 aromatic carbocycles. The fourth-order valence-corrected chi connectivity index (χ4v) is 2.74. The average Bonchev–Trinajstić information content (AvgIpc) is 2.49. The predicted octanol–water partition coefficient (Wildman–Crippen LogP) is 3.04. The van der Waals surface area contributed by atoms with Crippen molar-refractivity contribution in [2.24, 2.45) is 0 Å². The largest absolute Gasteiger partial charge is 0.371 e. The highest BCUT2D eigenvalue weighted by molar-refractivity contribution is 5.46. The van der Waals surface area contributed by atoms with Crippen LogP contribution in [0.25, 0.3) is 0 Å². The SMILES string of the molecule is C1=CCCC(N2CCN(c3ccccc3)CC2)=C1. The lowest BCUT2D eigenvalue weighted by Crippen LogP contribution is -2.45. The lowest BCUT2D eigenvalue weighted by Gasteiger charge is -2.38. The minimum Gasteiger partial charge on any atom is -0.371 e.